The molecule has 3 N–H and O–H groups in total. The van der Waals surface area contributed by atoms with Crippen molar-refractivity contribution in [3.8, 4) is 5.75 Å². The quantitative estimate of drug-likeness (QED) is 0.419. The van der Waals surface area contributed by atoms with E-state index in [2.05, 4.69) is 34.6 Å². The lowest BCUT2D eigenvalue weighted by Crippen LogP contribution is -2.24. The molecule has 0 radical (unpaired) electrons. The normalized spacial score (nSPS) is 14.3. The average molecular weight is 437 g/mol. The molecule has 2 aromatic carbocycles. The van der Waals surface area contributed by atoms with Gasteiger partial charge in [-0.05, 0) is 63.1 Å². The lowest BCUT2D eigenvalue weighted by Gasteiger charge is -2.21. The predicted molar refractivity (Wildman–Crippen MR) is 128 cm³/mol. The number of nitrogens with zero attached hydrogens (tertiary/aromatic N) is 2. The molecular weight excluding hydrogens is 404 g/mol. The summed E-state index contributed by atoms with van der Waals surface area (Å²) in [5, 5.41) is 17.1. The van der Waals surface area contributed by atoms with Gasteiger partial charge in [0.25, 0.3) is 5.91 Å². The molecule has 2 aromatic rings. The van der Waals surface area contributed by atoms with E-state index in [1.165, 1.54) is 12.6 Å². The van der Waals surface area contributed by atoms with Crippen molar-refractivity contribution in [2.24, 2.45) is 11.0 Å². The molecule has 0 bridgehead atoms. The first kappa shape index (κ1) is 23.3. The minimum absolute atomic E-state index is 0.0540. The molecule has 0 aliphatic heterocycles. The van der Waals surface area contributed by atoms with Gasteiger partial charge in [0.1, 0.15) is 5.75 Å². The van der Waals surface area contributed by atoms with Gasteiger partial charge in [-0.3, -0.25) is 9.59 Å². The number of carbonyl (C=O) groups excluding carboxylic acids is 2. The van der Waals surface area contributed by atoms with Crippen LogP contribution in [-0.2, 0) is 4.79 Å². The largest absolute Gasteiger partial charge is 0.507 e. The molecule has 0 saturated heterocycles. The minimum atomic E-state index is -0.370. The summed E-state index contributed by atoms with van der Waals surface area (Å²) in [5.74, 6) is -0.131. The number of carbonyl (C=O) groups is 2. The van der Waals surface area contributed by atoms with Crippen molar-refractivity contribution in [1.29, 1.82) is 0 Å². The maximum absolute atomic E-state index is 12.3. The van der Waals surface area contributed by atoms with E-state index in [0.29, 0.717) is 16.8 Å². The van der Waals surface area contributed by atoms with Crippen LogP contribution < -0.4 is 15.6 Å². The fourth-order valence-electron chi connectivity index (χ4n) is 3.97. The molecule has 0 aromatic heterocycles. The third-order valence-electron chi connectivity index (χ3n) is 5.90. The van der Waals surface area contributed by atoms with E-state index < -0.39 is 0 Å². The highest BCUT2D eigenvalue weighted by molar-refractivity contribution is 5.97. The number of hydrazone groups is 1. The summed E-state index contributed by atoms with van der Waals surface area (Å²) >= 11 is 0. The highest BCUT2D eigenvalue weighted by atomic mass is 16.3. The van der Waals surface area contributed by atoms with E-state index in [-0.39, 0.29) is 23.5 Å². The molecule has 3 rings (SSSR count). The predicted octanol–water partition coefficient (Wildman–Crippen LogP) is 4.52. The number of phenols is 1. The monoisotopic (exact) mass is 436 g/mol. The van der Waals surface area contributed by atoms with E-state index in [0.717, 1.165) is 44.5 Å². The molecule has 0 heterocycles. The van der Waals surface area contributed by atoms with Crippen LogP contribution in [0.3, 0.4) is 0 Å². The van der Waals surface area contributed by atoms with Crippen molar-refractivity contribution in [3.05, 3.63) is 53.6 Å². The highest BCUT2D eigenvalue weighted by Gasteiger charge is 2.21. The molecule has 7 nitrogen and oxygen atoms in total. The number of nitrogens with one attached hydrogen (secondary N) is 2. The van der Waals surface area contributed by atoms with E-state index in [1.54, 1.807) is 36.4 Å². The zero-order valence-electron chi connectivity index (χ0n) is 18.8. The van der Waals surface area contributed by atoms with Crippen LogP contribution in [0.25, 0.3) is 0 Å². The smallest absolute Gasteiger partial charge is 0.271 e. The fourth-order valence-corrected chi connectivity index (χ4v) is 3.97. The Labute approximate surface area is 189 Å². The highest BCUT2D eigenvalue weighted by Crippen LogP contribution is 2.25. The SMILES string of the molecule is CCN(CC)c1ccc(/C=N/NC(=O)c2ccc(NC(=O)C3CCCCC3)cc2)c(O)c1. The van der Waals surface area contributed by atoms with Gasteiger partial charge in [0.05, 0.1) is 6.21 Å². The molecule has 2 amide bonds. The summed E-state index contributed by atoms with van der Waals surface area (Å²) in [4.78, 5) is 26.8. The van der Waals surface area contributed by atoms with Crippen molar-refractivity contribution in [3.63, 3.8) is 0 Å². The van der Waals surface area contributed by atoms with Gasteiger partial charge in [0, 0.05) is 47.6 Å². The maximum atomic E-state index is 12.3. The number of amides is 2. The van der Waals surface area contributed by atoms with Crippen molar-refractivity contribution in [2.45, 2.75) is 46.0 Å². The molecule has 170 valence electrons. The zero-order valence-corrected chi connectivity index (χ0v) is 18.8. The van der Waals surface area contributed by atoms with Gasteiger partial charge in [0.15, 0.2) is 0 Å². The van der Waals surface area contributed by atoms with E-state index in [1.807, 2.05) is 6.07 Å². The molecule has 1 saturated carbocycles. The summed E-state index contributed by atoms with van der Waals surface area (Å²) in [6, 6.07) is 12.1. The second-order valence-electron chi connectivity index (χ2n) is 8.02. The Morgan fingerprint density at radius 2 is 1.75 bits per heavy atom. The van der Waals surface area contributed by atoms with Gasteiger partial charge in [-0.25, -0.2) is 5.43 Å². The van der Waals surface area contributed by atoms with Crippen LogP contribution >= 0.6 is 0 Å². The number of rotatable bonds is 8. The Balaban J connectivity index is 1.54. The Morgan fingerprint density at radius 1 is 1.06 bits per heavy atom. The maximum Gasteiger partial charge on any atom is 0.271 e. The Bertz CT molecular complexity index is 946. The first-order valence-electron chi connectivity index (χ1n) is 11.3. The van der Waals surface area contributed by atoms with E-state index in [9.17, 15) is 14.7 Å². The van der Waals surface area contributed by atoms with Crippen molar-refractivity contribution in [1.82, 2.24) is 5.43 Å². The number of anilines is 2. The molecule has 0 spiro atoms. The topological polar surface area (TPSA) is 94.0 Å². The lowest BCUT2D eigenvalue weighted by atomic mass is 9.88. The summed E-state index contributed by atoms with van der Waals surface area (Å²) in [5.41, 5.74) is 5.03. The van der Waals surface area contributed by atoms with Crippen LogP contribution in [0.4, 0.5) is 11.4 Å². The van der Waals surface area contributed by atoms with Crippen LogP contribution in [0.1, 0.15) is 61.9 Å². The third-order valence-corrected chi connectivity index (χ3v) is 5.90. The first-order chi connectivity index (χ1) is 15.5. The van der Waals surface area contributed by atoms with Gasteiger partial charge in [-0.1, -0.05) is 19.3 Å². The zero-order chi connectivity index (χ0) is 22.9. The Kier molecular flexibility index (Phi) is 8.25. The van der Waals surface area contributed by atoms with Crippen LogP contribution in [0.5, 0.6) is 5.75 Å². The van der Waals surface area contributed by atoms with Gasteiger partial charge < -0.3 is 15.3 Å². The van der Waals surface area contributed by atoms with Crippen molar-refractivity contribution < 1.29 is 14.7 Å². The summed E-state index contributed by atoms with van der Waals surface area (Å²) in [6.45, 7) is 5.82. The van der Waals surface area contributed by atoms with Gasteiger partial charge in [-0.2, -0.15) is 5.10 Å². The summed E-state index contributed by atoms with van der Waals surface area (Å²) in [7, 11) is 0. The Morgan fingerprint density at radius 3 is 2.38 bits per heavy atom. The number of hydrogen-bond acceptors (Lipinski definition) is 5. The van der Waals surface area contributed by atoms with E-state index in [4.69, 9.17) is 0 Å². The molecular formula is C25H32N4O3. The third kappa shape index (κ3) is 6.09. The molecule has 32 heavy (non-hydrogen) atoms. The lowest BCUT2D eigenvalue weighted by molar-refractivity contribution is -0.120. The number of benzene rings is 2. The van der Waals surface area contributed by atoms with Crippen LogP contribution in [0.2, 0.25) is 0 Å². The number of aromatic hydroxyl groups is 1. The van der Waals surface area contributed by atoms with Gasteiger partial charge in [0.2, 0.25) is 5.91 Å². The van der Waals surface area contributed by atoms with Gasteiger partial charge >= 0.3 is 0 Å². The number of phenolic OH excluding ortho intramolecular Hbond substituents is 1. The minimum Gasteiger partial charge on any atom is -0.507 e. The first-order valence-corrected chi connectivity index (χ1v) is 11.3. The number of hydrogen-bond donors (Lipinski definition) is 3. The van der Waals surface area contributed by atoms with Crippen molar-refractivity contribution in [2.75, 3.05) is 23.3 Å². The average Bonchev–Trinajstić information content (AvgIpc) is 2.82. The second-order valence-corrected chi connectivity index (χ2v) is 8.02. The van der Waals surface area contributed by atoms with Crippen molar-refractivity contribution >= 4 is 29.4 Å². The fraction of sp³-hybridized carbons (Fsp3) is 0.400. The molecule has 0 atom stereocenters. The molecule has 1 aliphatic carbocycles. The molecule has 1 aliphatic rings. The van der Waals surface area contributed by atoms with Crippen LogP contribution in [0, 0.1) is 5.92 Å². The van der Waals surface area contributed by atoms with Crippen LogP contribution in [0.15, 0.2) is 47.6 Å². The Hall–Kier alpha value is -3.35. The summed E-state index contributed by atoms with van der Waals surface area (Å²) < 4.78 is 0. The van der Waals surface area contributed by atoms with Gasteiger partial charge in [-0.15, -0.1) is 0 Å². The summed E-state index contributed by atoms with van der Waals surface area (Å²) in [6.07, 6.45) is 6.72. The molecule has 7 heteroatoms. The molecule has 1 fully saturated rings. The second kappa shape index (κ2) is 11.3. The van der Waals surface area contributed by atoms with E-state index >= 15 is 0 Å². The standard InChI is InChI=1S/C25H32N4O3/c1-3-29(4-2)22-15-12-20(23(30)16-22)17-26-28-25(32)19-10-13-21(14-11-19)27-24(31)18-8-6-5-7-9-18/h10-18,30H,3-9H2,1-2H3,(H,27,31)(H,28,32)/b26-17+. The van der Waals surface area contributed by atoms with Crippen LogP contribution in [-0.4, -0.2) is 36.2 Å². The molecule has 0 unspecified atom stereocenters.